The van der Waals surface area contributed by atoms with E-state index in [2.05, 4.69) is 5.32 Å². The average Bonchev–Trinajstić information content (AvgIpc) is 2.24. The van der Waals surface area contributed by atoms with E-state index < -0.39 is 17.5 Å². The van der Waals surface area contributed by atoms with E-state index in [1.165, 1.54) is 6.07 Å². The van der Waals surface area contributed by atoms with E-state index in [4.69, 9.17) is 9.47 Å². The largest absolute Gasteiger partial charge is 0.489 e. The zero-order valence-corrected chi connectivity index (χ0v) is 13.3. The van der Waals surface area contributed by atoms with Crippen LogP contribution in [0.1, 0.15) is 20.8 Å². The fourth-order valence-corrected chi connectivity index (χ4v) is 1.67. The van der Waals surface area contributed by atoms with Crippen LogP contribution < -0.4 is 10.1 Å². The summed E-state index contributed by atoms with van der Waals surface area (Å²) in [7, 11) is 0. The Balaban J connectivity index is 2.29. The van der Waals surface area contributed by atoms with Crippen LogP contribution in [0.4, 0.5) is 9.18 Å². The second-order valence-electron chi connectivity index (χ2n) is 4.85. The van der Waals surface area contributed by atoms with Gasteiger partial charge in [-0.05, 0) is 61.6 Å². The molecule has 0 fully saturated rings. The van der Waals surface area contributed by atoms with E-state index in [-0.39, 0.29) is 18.9 Å². The van der Waals surface area contributed by atoms with Gasteiger partial charge in [0.1, 0.15) is 12.2 Å². The summed E-state index contributed by atoms with van der Waals surface area (Å²) in [6, 6.07) is 4.70. The van der Waals surface area contributed by atoms with Gasteiger partial charge >= 0.3 is 6.09 Å². The molecule has 0 radical (unpaired) electrons. The summed E-state index contributed by atoms with van der Waals surface area (Å²) in [5.41, 5.74) is -0.535. The normalized spacial score (nSPS) is 11.0. The van der Waals surface area contributed by atoms with Gasteiger partial charge in [-0.15, -0.1) is 0 Å². The Morgan fingerprint density at radius 1 is 1.42 bits per heavy atom. The van der Waals surface area contributed by atoms with Crippen LogP contribution in [-0.4, -0.2) is 24.8 Å². The van der Waals surface area contributed by atoms with Gasteiger partial charge in [0.15, 0.2) is 11.6 Å². The number of amides is 1. The fraction of sp³-hybridized carbons (Fsp3) is 0.462. The van der Waals surface area contributed by atoms with Crippen molar-refractivity contribution in [3.05, 3.63) is 27.6 Å². The molecule has 0 bridgehead atoms. The average molecular weight is 381 g/mol. The molecule has 19 heavy (non-hydrogen) atoms. The van der Waals surface area contributed by atoms with Crippen LogP contribution in [0, 0.1) is 9.39 Å². The molecule has 0 saturated heterocycles. The lowest BCUT2D eigenvalue weighted by molar-refractivity contribution is 0.0520. The second-order valence-corrected chi connectivity index (χ2v) is 6.10. The molecular formula is C13H17FINO3. The second kappa shape index (κ2) is 6.93. The third kappa shape index (κ3) is 6.60. The van der Waals surface area contributed by atoms with Crippen molar-refractivity contribution in [3.63, 3.8) is 0 Å². The number of hydrogen-bond acceptors (Lipinski definition) is 3. The van der Waals surface area contributed by atoms with Crippen LogP contribution in [0.15, 0.2) is 18.2 Å². The van der Waals surface area contributed by atoms with E-state index >= 15 is 0 Å². The smallest absolute Gasteiger partial charge is 0.407 e. The Bertz CT molecular complexity index is 446. The Hall–Kier alpha value is -1.05. The third-order valence-corrected chi connectivity index (χ3v) is 2.59. The molecule has 0 aliphatic heterocycles. The number of carbonyl (C=O) groups is 1. The van der Waals surface area contributed by atoms with Crippen molar-refractivity contribution in [3.8, 4) is 5.75 Å². The zero-order valence-electron chi connectivity index (χ0n) is 11.1. The van der Waals surface area contributed by atoms with Gasteiger partial charge in [0, 0.05) is 3.57 Å². The van der Waals surface area contributed by atoms with Crippen LogP contribution in [0.2, 0.25) is 0 Å². The van der Waals surface area contributed by atoms with E-state index in [1.807, 2.05) is 22.6 Å². The van der Waals surface area contributed by atoms with Crippen LogP contribution in [0.25, 0.3) is 0 Å². The molecule has 0 heterocycles. The topological polar surface area (TPSA) is 47.6 Å². The number of nitrogens with one attached hydrogen (secondary N) is 1. The molecule has 1 aromatic rings. The highest BCUT2D eigenvalue weighted by Crippen LogP contribution is 2.18. The molecule has 1 amide bonds. The van der Waals surface area contributed by atoms with Crippen molar-refractivity contribution < 1.29 is 18.7 Å². The van der Waals surface area contributed by atoms with Crippen molar-refractivity contribution in [2.45, 2.75) is 26.4 Å². The molecule has 106 valence electrons. The van der Waals surface area contributed by atoms with Crippen LogP contribution in [-0.2, 0) is 4.74 Å². The number of hydrogen-bond donors (Lipinski definition) is 1. The van der Waals surface area contributed by atoms with Gasteiger partial charge in [-0.3, -0.25) is 0 Å². The van der Waals surface area contributed by atoms with Gasteiger partial charge in [-0.1, -0.05) is 0 Å². The quantitative estimate of drug-likeness (QED) is 0.643. The Labute approximate surface area is 125 Å². The van der Waals surface area contributed by atoms with Crippen LogP contribution in [0.5, 0.6) is 5.75 Å². The molecule has 0 aliphatic rings. The fourth-order valence-electron chi connectivity index (χ4n) is 1.22. The van der Waals surface area contributed by atoms with Gasteiger partial charge in [0.2, 0.25) is 0 Å². The summed E-state index contributed by atoms with van der Waals surface area (Å²) in [6.45, 7) is 5.77. The van der Waals surface area contributed by atoms with Crippen molar-refractivity contribution in [2.24, 2.45) is 0 Å². The first-order valence-corrected chi connectivity index (χ1v) is 6.90. The summed E-state index contributed by atoms with van der Waals surface area (Å²) in [4.78, 5) is 11.3. The Kier molecular flexibility index (Phi) is 5.84. The summed E-state index contributed by atoms with van der Waals surface area (Å²) in [5.74, 6) is -0.240. The first-order chi connectivity index (χ1) is 8.78. The summed E-state index contributed by atoms with van der Waals surface area (Å²) < 4.78 is 24.5. The molecule has 4 nitrogen and oxygen atoms in total. The molecule has 0 atom stereocenters. The standard InChI is InChI=1S/C13H17FINO3/c1-13(2,3)19-12(17)16-6-7-18-11-5-4-9(15)8-10(11)14/h4-5,8H,6-7H2,1-3H3,(H,16,17). The minimum absolute atomic E-state index is 0.173. The van der Waals surface area contributed by atoms with E-state index in [0.29, 0.717) is 0 Å². The minimum atomic E-state index is -0.535. The monoisotopic (exact) mass is 381 g/mol. The zero-order chi connectivity index (χ0) is 14.5. The van der Waals surface area contributed by atoms with E-state index in [1.54, 1.807) is 32.9 Å². The maximum Gasteiger partial charge on any atom is 0.407 e. The van der Waals surface area contributed by atoms with Gasteiger partial charge in [-0.25, -0.2) is 9.18 Å². The van der Waals surface area contributed by atoms with Crippen molar-refractivity contribution >= 4 is 28.7 Å². The van der Waals surface area contributed by atoms with Crippen molar-refractivity contribution in [1.82, 2.24) is 5.32 Å². The predicted octanol–water partition coefficient (Wildman–Crippen LogP) is 3.33. The lowest BCUT2D eigenvalue weighted by Gasteiger charge is -2.19. The summed E-state index contributed by atoms with van der Waals surface area (Å²) >= 11 is 2.02. The predicted molar refractivity (Wildman–Crippen MR) is 78.8 cm³/mol. The highest BCUT2D eigenvalue weighted by atomic mass is 127. The van der Waals surface area contributed by atoms with Crippen molar-refractivity contribution in [1.29, 1.82) is 0 Å². The molecule has 0 saturated carbocycles. The summed E-state index contributed by atoms with van der Waals surface area (Å²) in [5, 5.41) is 2.53. The lowest BCUT2D eigenvalue weighted by atomic mass is 10.2. The maximum atomic E-state index is 13.4. The highest BCUT2D eigenvalue weighted by molar-refractivity contribution is 14.1. The third-order valence-electron chi connectivity index (χ3n) is 1.92. The number of rotatable bonds is 4. The van der Waals surface area contributed by atoms with Crippen LogP contribution in [0.3, 0.4) is 0 Å². The van der Waals surface area contributed by atoms with E-state index in [0.717, 1.165) is 3.57 Å². The molecule has 0 spiro atoms. The molecule has 0 aliphatic carbocycles. The SMILES string of the molecule is CC(C)(C)OC(=O)NCCOc1ccc(I)cc1F. The van der Waals surface area contributed by atoms with Crippen LogP contribution >= 0.6 is 22.6 Å². The molecule has 1 rings (SSSR count). The molecule has 0 aromatic heterocycles. The molecule has 6 heteroatoms. The van der Waals surface area contributed by atoms with Crippen molar-refractivity contribution in [2.75, 3.05) is 13.2 Å². The maximum absolute atomic E-state index is 13.4. The number of halogens is 2. The first-order valence-electron chi connectivity index (χ1n) is 5.82. The van der Waals surface area contributed by atoms with Gasteiger partial charge in [-0.2, -0.15) is 0 Å². The highest BCUT2D eigenvalue weighted by Gasteiger charge is 2.15. The number of alkyl carbamates (subject to hydrolysis) is 1. The van der Waals surface area contributed by atoms with Gasteiger partial charge < -0.3 is 14.8 Å². The van der Waals surface area contributed by atoms with Gasteiger partial charge in [0.05, 0.1) is 6.54 Å². The summed E-state index contributed by atoms with van der Waals surface area (Å²) in [6.07, 6.45) is -0.515. The lowest BCUT2D eigenvalue weighted by Crippen LogP contribution is -2.34. The molecule has 1 N–H and O–H groups in total. The molecule has 0 unspecified atom stereocenters. The van der Waals surface area contributed by atoms with Gasteiger partial charge in [0.25, 0.3) is 0 Å². The molecular weight excluding hydrogens is 364 g/mol. The number of carbonyl (C=O) groups excluding carboxylic acids is 1. The minimum Gasteiger partial charge on any atom is -0.489 e. The van der Waals surface area contributed by atoms with E-state index in [9.17, 15) is 9.18 Å². The number of ether oxygens (including phenoxy) is 2. The molecule has 1 aromatic carbocycles. The number of benzene rings is 1. The Morgan fingerprint density at radius 2 is 2.11 bits per heavy atom. The Morgan fingerprint density at radius 3 is 2.68 bits per heavy atom. The first kappa shape index (κ1) is 16.0.